The lowest BCUT2D eigenvalue weighted by Crippen LogP contribution is -2.43. The Labute approximate surface area is 109 Å². The first-order valence-electron chi connectivity index (χ1n) is 6.22. The molecule has 0 spiro atoms. The van der Waals surface area contributed by atoms with Crippen molar-refractivity contribution < 1.29 is 19.5 Å². The summed E-state index contributed by atoms with van der Waals surface area (Å²) in [5.41, 5.74) is 2.33. The molecule has 0 bridgehead atoms. The van der Waals surface area contributed by atoms with Crippen LogP contribution < -0.4 is 9.47 Å². The largest absolute Gasteiger partial charge is 0.454 e. The number of carbonyl (C=O) groups excluding carboxylic acids is 1. The zero-order valence-corrected chi connectivity index (χ0v) is 10.1. The normalized spacial score (nSPS) is 25.7. The molecule has 0 radical (unpaired) electrons. The van der Waals surface area contributed by atoms with Crippen LogP contribution in [0.3, 0.4) is 0 Å². The highest BCUT2D eigenvalue weighted by molar-refractivity contribution is 6.09. The summed E-state index contributed by atoms with van der Waals surface area (Å²) in [5, 5.41) is 12.7. The van der Waals surface area contributed by atoms with Crippen molar-refractivity contribution in [2.24, 2.45) is 5.16 Å². The van der Waals surface area contributed by atoms with Gasteiger partial charge in [-0.2, -0.15) is 0 Å². The molecular weight excluding hydrogens is 248 g/mol. The van der Waals surface area contributed by atoms with E-state index in [4.69, 9.17) is 9.47 Å². The minimum atomic E-state index is -0.120. The van der Waals surface area contributed by atoms with Gasteiger partial charge in [0.15, 0.2) is 11.5 Å². The summed E-state index contributed by atoms with van der Waals surface area (Å²) in [6, 6.07) is 3.59. The number of hydrogen-bond donors (Lipinski definition) is 1. The quantitative estimate of drug-likeness (QED) is 0.560. The number of carbonyl (C=O) groups is 1. The van der Waals surface area contributed by atoms with Gasteiger partial charge in [-0.3, -0.25) is 4.79 Å². The molecule has 3 aliphatic heterocycles. The van der Waals surface area contributed by atoms with Gasteiger partial charge in [0.2, 0.25) is 12.7 Å². The van der Waals surface area contributed by atoms with Crippen molar-refractivity contribution in [2.45, 2.75) is 25.4 Å². The summed E-state index contributed by atoms with van der Waals surface area (Å²) in [7, 11) is 0. The fraction of sp³-hybridized carbons (Fsp3) is 0.385. The Bertz CT molecular complexity index is 611. The Balaban J connectivity index is 1.88. The van der Waals surface area contributed by atoms with E-state index >= 15 is 0 Å². The van der Waals surface area contributed by atoms with Crippen LogP contribution in [0, 0.1) is 0 Å². The first-order valence-corrected chi connectivity index (χ1v) is 6.22. The molecule has 0 saturated carbocycles. The Morgan fingerprint density at radius 2 is 2.11 bits per heavy atom. The molecule has 6 heteroatoms. The first-order chi connectivity index (χ1) is 9.28. The molecule has 1 atom stereocenters. The molecule has 3 aliphatic rings. The first kappa shape index (κ1) is 10.7. The van der Waals surface area contributed by atoms with Crippen LogP contribution in [-0.2, 0) is 11.3 Å². The highest BCUT2D eigenvalue weighted by atomic mass is 16.7. The Morgan fingerprint density at radius 3 is 2.89 bits per heavy atom. The van der Waals surface area contributed by atoms with Crippen LogP contribution >= 0.6 is 0 Å². The molecule has 3 heterocycles. The van der Waals surface area contributed by atoms with E-state index in [-0.39, 0.29) is 18.7 Å². The van der Waals surface area contributed by atoms with E-state index in [1.165, 1.54) is 0 Å². The predicted molar refractivity (Wildman–Crippen MR) is 64.5 cm³/mol. The zero-order valence-electron chi connectivity index (χ0n) is 10.1. The average Bonchev–Trinajstić information content (AvgIpc) is 3.01. The second kappa shape index (κ2) is 3.63. The summed E-state index contributed by atoms with van der Waals surface area (Å²) < 4.78 is 10.7. The third kappa shape index (κ3) is 1.36. The Kier molecular flexibility index (Phi) is 2.04. The van der Waals surface area contributed by atoms with Gasteiger partial charge in [-0.25, -0.2) is 0 Å². The summed E-state index contributed by atoms with van der Waals surface area (Å²) in [4.78, 5) is 13.6. The van der Waals surface area contributed by atoms with E-state index in [0.717, 1.165) is 11.1 Å². The molecule has 98 valence electrons. The minimum Gasteiger partial charge on any atom is -0.454 e. The maximum absolute atomic E-state index is 11.8. The van der Waals surface area contributed by atoms with Crippen LogP contribution in [0.1, 0.15) is 24.0 Å². The van der Waals surface area contributed by atoms with Crippen LogP contribution in [0.25, 0.3) is 0 Å². The number of benzene rings is 1. The molecule has 19 heavy (non-hydrogen) atoms. The highest BCUT2D eigenvalue weighted by Gasteiger charge is 2.40. The van der Waals surface area contributed by atoms with Gasteiger partial charge in [-0.15, -0.1) is 0 Å². The third-order valence-electron chi connectivity index (χ3n) is 3.97. The SMILES string of the molecule is O=C1CCC2/C(=N\O)c3cc4c(cc3CN12)OCO4. The van der Waals surface area contributed by atoms with E-state index in [2.05, 4.69) is 5.16 Å². The average molecular weight is 260 g/mol. The summed E-state index contributed by atoms with van der Waals surface area (Å²) in [6.07, 6.45) is 1.20. The van der Waals surface area contributed by atoms with Crippen molar-refractivity contribution in [1.82, 2.24) is 4.90 Å². The van der Waals surface area contributed by atoms with Crippen molar-refractivity contribution >= 4 is 11.6 Å². The predicted octanol–water partition coefficient (Wildman–Crippen LogP) is 1.10. The molecule has 1 aromatic rings. The fourth-order valence-corrected chi connectivity index (χ4v) is 3.05. The van der Waals surface area contributed by atoms with E-state index in [1.807, 2.05) is 12.1 Å². The molecule has 1 fully saturated rings. The van der Waals surface area contributed by atoms with Crippen LogP contribution in [0.4, 0.5) is 0 Å². The van der Waals surface area contributed by atoms with Gasteiger partial charge < -0.3 is 19.6 Å². The molecular formula is C13H12N2O4. The number of nitrogens with zero attached hydrogens (tertiary/aromatic N) is 2. The number of rotatable bonds is 0. The van der Waals surface area contributed by atoms with Crippen molar-refractivity contribution in [2.75, 3.05) is 6.79 Å². The molecule has 0 aromatic heterocycles. The van der Waals surface area contributed by atoms with Gasteiger partial charge in [-0.05, 0) is 24.1 Å². The lowest BCUT2D eigenvalue weighted by molar-refractivity contribution is -0.128. The van der Waals surface area contributed by atoms with Gasteiger partial charge in [-0.1, -0.05) is 5.16 Å². The van der Waals surface area contributed by atoms with Gasteiger partial charge in [0.05, 0.1) is 6.04 Å². The smallest absolute Gasteiger partial charge is 0.231 e. The highest BCUT2D eigenvalue weighted by Crippen LogP contribution is 2.39. The van der Waals surface area contributed by atoms with Gasteiger partial charge in [0.25, 0.3) is 0 Å². The van der Waals surface area contributed by atoms with Crippen molar-refractivity contribution in [3.8, 4) is 11.5 Å². The fourth-order valence-electron chi connectivity index (χ4n) is 3.05. The second-order valence-corrected chi connectivity index (χ2v) is 4.92. The second-order valence-electron chi connectivity index (χ2n) is 4.92. The van der Waals surface area contributed by atoms with E-state index in [9.17, 15) is 10.0 Å². The number of hydrogen-bond acceptors (Lipinski definition) is 5. The number of oxime groups is 1. The van der Waals surface area contributed by atoms with Gasteiger partial charge >= 0.3 is 0 Å². The van der Waals surface area contributed by atoms with Crippen molar-refractivity contribution in [3.05, 3.63) is 23.3 Å². The Hall–Kier alpha value is -2.24. The number of fused-ring (bicyclic) bond motifs is 3. The topological polar surface area (TPSA) is 71.4 Å². The van der Waals surface area contributed by atoms with E-state index in [1.54, 1.807) is 4.90 Å². The molecule has 4 rings (SSSR count). The zero-order chi connectivity index (χ0) is 13.0. The number of ether oxygens (including phenoxy) is 2. The molecule has 6 nitrogen and oxygen atoms in total. The summed E-state index contributed by atoms with van der Waals surface area (Å²) >= 11 is 0. The maximum Gasteiger partial charge on any atom is 0.231 e. The molecule has 1 saturated heterocycles. The van der Waals surface area contributed by atoms with Gasteiger partial charge in [0.1, 0.15) is 5.71 Å². The standard InChI is InChI=1S/C13H12N2O4/c16-12-2-1-9-13(14-17)8-4-11-10(18-6-19-11)3-7(8)5-15(9)12/h3-4,9,17H,1-2,5-6H2/b14-13-. The molecule has 0 aliphatic carbocycles. The van der Waals surface area contributed by atoms with Crippen LogP contribution in [0.15, 0.2) is 17.3 Å². The molecule has 1 unspecified atom stereocenters. The van der Waals surface area contributed by atoms with E-state index in [0.29, 0.717) is 36.6 Å². The Morgan fingerprint density at radius 1 is 1.32 bits per heavy atom. The molecule has 1 amide bonds. The van der Waals surface area contributed by atoms with Crippen LogP contribution in [0.5, 0.6) is 11.5 Å². The molecule has 1 aromatic carbocycles. The van der Waals surface area contributed by atoms with Crippen molar-refractivity contribution in [3.63, 3.8) is 0 Å². The minimum absolute atomic E-state index is 0.106. The summed E-state index contributed by atoms with van der Waals surface area (Å²) in [5.74, 6) is 1.45. The lowest BCUT2D eigenvalue weighted by atomic mass is 9.92. The van der Waals surface area contributed by atoms with Crippen LogP contribution in [0.2, 0.25) is 0 Å². The van der Waals surface area contributed by atoms with Crippen LogP contribution in [-0.4, -0.2) is 34.6 Å². The molecule has 1 N–H and O–H groups in total. The monoisotopic (exact) mass is 260 g/mol. The maximum atomic E-state index is 11.8. The summed E-state index contributed by atoms with van der Waals surface area (Å²) in [6.45, 7) is 0.740. The van der Waals surface area contributed by atoms with Gasteiger partial charge in [0, 0.05) is 18.5 Å². The van der Waals surface area contributed by atoms with Crippen molar-refractivity contribution in [1.29, 1.82) is 0 Å². The van der Waals surface area contributed by atoms with E-state index < -0.39 is 0 Å². The number of amides is 1. The third-order valence-corrected chi connectivity index (χ3v) is 3.97. The lowest BCUT2D eigenvalue weighted by Gasteiger charge is -2.32.